The fraction of sp³-hybridized carbons (Fsp3) is 0.636. The molecule has 90 valence electrons. The van der Waals surface area contributed by atoms with Crippen LogP contribution in [0.15, 0.2) is 6.20 Å². The zero-order chi connectivity index (χ0) is 12.6. The van der Waals surface area contributed by atoms with E-state index in [1.54, 1.807) is 20.0 Å². The molecule has 0 unspecified atom stereocenters. The van der Waals surface area contributed by atoms with E-state index in [9.17, 15) is 5.11 Å². The number of rotatable bonds is 3. The maximum atomic E-state index is 10.0. The lowest BCUT2D eigenvalue weighted by atomic mass is 9.86. The third-order valence-electron chi connectivity index (χ3n) is 2.90. The molecular formula is C11H18ClN3O. The van der Waals surface area contributed by atoms with Gasteiger partial charge in [0.15, 0.2) is 0 Å². The average molecular weight is 244 g/mol. The molecule has 0 aliphatic carbocycles. The molecule has 1 heterocycles. The van der Waals surface area contributed by atoms with E-state index in [1.807, 2.05) is 20.8 Å². The van der Waals surface area contributed by atoms with Gasteiger partial charge in [0.2, 0.25) is 5.28 Å². The number of hydrogen-bond acceptors (Lipinski definition) is 4. The van der Waals surface area contributed by atoms with Gasteiger partial charge in [0.25, 0.3) is 0 Å². The molecule has 0 amide bonds. The van der Waals surface area contributed by atoms with Gasteiger partial charge in [0.05, 0.1) is 11.1 Å². The summed E-state index contributed by atoms with van der Waals surface area (Å²) in [6.45, 7) is 9.19. The molecule has 0 saturated carbocycles. The lowest BCUT2D eigenvalue weighted by Gasteiger charge is -2.38. The van der Waals surface area contributed by atoms with Gasteiger partial charge in [-0.1, -0.05) is 0 Å². The molecular weight excluding hydrogens is 226 g/mol. The Kier molecular flexibility index (Phi) is 3.45. The van der Waals surface area contributed by atoms with Crippen LogP contribution >= 0.6 is 11.6 Å². The minimum atomic E-state index is -0.878. The molecule has 0 saturated heterocycles. The zero-order valence-corrected chi connectivity index (χ0v) is 11.1. The summed E-state index contributed by atoms with van der Waals surface area (Å²) in [6, 6.07) is 0. The summed E-state index contributed by atoms with van der Waals surface area (Å²) in [7, 11) is 0. The maximum absolute atomic E-state index is 10.0. The van der Waals surface area contributed by atoms with Crippen molar-refractivity contribution in [3.05, 3.63) is 17.0 Å². The molecule has 0 atom stereocenters. The minimum absolute atomic E-state index is 0.194. The molecule has 0 aromatic carbocycles. The van der Waals surface area contributed by atoms with Gasteiger partial charge in [0.1, 0.15) is 5.82 Å². The first-order valence-corrected chi connectivity index (χ1v) is 5.51. The fourth-order valence-corrected chi connectivity index (χ4v) is 1.13. The SMILES string of the molecule is Cc1cnc(Cl)nc1NC(C)(C)C(C)(C)O. The summed E-state index contributed by atoms with van der Waals surface area (Å²) in [4.78, 5) is 7.99. The second-order valence-electron chi connectivity index (χ2n) is 4.98. The first kappa shape index (κ1) is 13.2. The van der Waals surface area contributed by atoms with Crippen molar-refractivity contribution in [3.8, 4) is 0 Å². The van der Waals surface area contributed by atoms with Crippen LogP contribution in [0.5, 0.6) is 0 Å². The van der Waals surface area contributed by atoms with Crippen LogP contribution in [0.1, 0.15) is 33.3 Å². The normalized spacial score (nSPS) is 12.7. The van der Waals surface area contributed by atoms with Crippen molar-refractivity contribution in [1.82, 2.24) is 9.97 Å². The van der Waals surface area contributed by atoms with Gasteiger partial charge >= 0.3 is 0 Å². The molecule has 0 fully saturated rings. The first-order valence-electron chi connectivity index (χ1n) is 5.13. The number of aromatic nitrogens is 2. The van der Waals surface area contributed by atoms with Crippen molar-refractivity contribution >= 4 is 17.4 Å². The Balaban J connectivity index is 3.01. The van der Waals surface area contributed by atoms with Crippen molar-refractivity contribution in [1.29, 1.82) is 0 Å². The third kappa shape index (κ3) is 2.83. The minimum Gasteiger partial charge on any atom is -0.388 e. The van der Waals surface area contributed by atoms with Gasteiger partial charge in [0, 0.05) is 11.8 Å². The smallest absolute Gasteiger partial charge is 0.224 e. The van der Waals surface area contributed by atoms with Gasteiger partial charge in [-0.15, -0.1) is 0 Å². The number of aliphatic hydroxyl groups is 1. The molecule has 1 aromatic rings. The quantitative estimate of drug-likeness (QED) is 0.801. The van der Waals surface area contributed by atoms with Crippen LogP contribution in [0.2, 0.25) is 5.28 Å². The average Bonchev–Trinajstić information content (AvgIpc) is 2.09. The van der Waals surface area contributed by atoms with Crippen LogP contribution in [-0.4, -0.2) is 26.2 Å². The van der Waals surface area contributed by atoms with Crippen molar-refractivity contribution in [2.45, 2.75) is 45.8 Å². The lowest BCUT2D eigenvalue weighted by molar-refractivity contribution is 0.0238. The van der Waals surface area contributed by atoms with E-state index in [4.69, 9.17) is 11.6 Å². The van der Waals surface area contributed by atoms with Crippen LogP contribution in [0, 0.1) is 6.92 Å². The molecule has 0 aliphatic heterocycles. The van der Waals surface area contributed by atoms with E-state index < -0.39 is 11.1 Å². The fourth-order valence-electron chi connectivity index (χ4n) is 0.996. The Morgan fingerprint density at radius 2 is 1.88 bits per heavy atom. The number of nitrogens with zero attached hydrogens (tertiary/aromatic N) is 2. The van der Waals surface area contributed by atoms with Crippen LogP contribution in [0.4, 0.5) is 5.82 Å². The standard InChI is InChI=1S/C11H18ClN3O/c1-7-6-13-9(12)14-8(7)15-10(2,3)11(4,5)16/h6,16H,1-5H3,(H,13,14,15). The van der Waals surface area contributed by atoms with E-state index in [2.05, 4.69) is 15.3 Å². The Morgan fingerprint density at radius 3 is 2.38 bits per heavy atom. The van der Waals surface area contributed by atoms with Crippen molar-refractivity contribution < 1.29 is 5.11 Å². The second kappa shape index (κ2) is 4.18. The zero-order valence-electron chi connectivity index (χ0n) is 10.3. The monoisotopic (exact) mass is 243 g/mol. The van der Waals surface area contributed by atoms with Crippen LogP contribution in [0.3, 0.4) is 0 Å². The Labute approximate surface area is 101 Å². The highest BCUT2D eigenvalue weighted by atomic mass is 35.5. The van der Waals surface area contributed by atoms with E-state index in [0.717, 1.165) is 5.56 Å². The summed E-state index contributed by atoms with van der Waals surface area (Å²) in [5, 5.41) is 13.4. The van der Waals surface area contributed by atoms with Gasteiger partial charge in [-0.25, -0.2) is 9.97 Å². The lowest BCUT2D eigenvalue weighted by Crippen LogP contribution is -2.51. The first-order chi connectivity index (χ1) is 7.13. The van der Waals surface area contributed by atoms with Gasteiger partial charge < -0.3 is 10.4 Å². The van der Waals surface area contributed by atoms with Crippen molar-refractivity contribution in [2.75, 3.05) is 5.32 Å². The number of aryl methyl sites for hydroxylation is 1. The van der Waals surface area contributed by atoms with Gasteiger partial charge in [-0.05, 0) is 46.2 Å². The molecule has 2 N–H and O–H groups in total. The van der Waals surface area contributed by atoms with Gasteiger partial charge in [-0.3, -0.25) is 0 Å². The molecule has 0 bridgehead atoms. The van der Waals surface area contributed by atoms with Crippen LogP contribution in [-0.2, 0) is 0 Å². The molecule has 0 aliphatic rings. The van der Waals surface area contributed by atoms with E-state index in [1.165, 1.54) is 0 Å². The summed E-state index contributed by atoms with van der Waals surface area (Å²) in [5.41, 5.74) is -0.506. The molecule has 16 heavy (non-hydrogen) atoms. The van der Waals surface area contributed by atoms with Crippen molar-refractivity contribution in [3.63, 3.8) is 0 Å². The highest BCUT2D eigenvalue weighted by Crippen LogP contribution is 2.26. The Morgan fingerprint density at radius 1 is 1.31 bits per heavy atom. The number of halogens is 1. The van der Waals surface area contributed by atoms with E-state index in [0.29, 0.717) is 5.82 Å². The Hall–Kier alpha value is -0.870. The number of anilines is 1. The van der Waals surface area contributed by atoms with E-state index in [-0.39, 0.29) is 5.28 Å². The highest BCUT2D eigenvalue weighted by molar-refractivity contribution is 6.28. The molecule has 0 spiro atoms. The predicted molar refractivity (Wildman–Crippen MR) is 65.8 cm³/mol. The van der Waals surface area contributed by atoms with Crippen LogP contribution < -0.4 is 5.32 Å². The summed E-state index contributed by atoms with van der Waals surface area (Å²) < 4.78 is 0. The van der Waals surface area contributed by atoms with E-state index >= 15 is 0 Å². The summed E-state index contributed by atoms with van der Waals surface area (Å²) in [5.74, 6) is 0.645. The summed E-state index contributed by atoms with van der Waals surface area (Å²) >= 11 is 5.74. The molecule has 1 rings (SSSR count). The molecule has 5 heteroatoms. The predicted octanol–water partition coefficient (Wildman–Crippen LogP) is 2.40. The third-order valence-corrected chi connectivity index (χ3v) is 3.08. The highest BCUT2D eigenvalue weighted by Gasteiger charge is 2.35. The van der Waals surface area contributed by atoms with Gasteiger partial charge in [-0.2, -0.15) is 0 Å². The molecule has 0 radical (unpaired) electrons. The molecule has 4 nitrogen and oxygen atoms in total. The summed E-state index contributed by atoms with van der Waals surface area (Å²) in [6.07, 6.45) is 1.65. The van der Waals surface area contributed by atoms with Crippen molar-refractivity contribution in [2.24, 2.45) is 0 Å². The molecule has 1 aromatic heterocycles. The Bertz CT molecular complexity index is 385. The topological polar surface area (TPSA) is 58.0 Å². The second-order valence-corrected chi connectivity index (χ2v) is 5.32. The maximum Gasteiger partial charge on any atom is 0.224 e. The van der Waals surface area contributed by atoms with Crippen LogP contribution in [0.25, 0.3) is 0 Å². The largest absolute Gasteiger partial charge is 0.388 e. The number of hydrogen-bond donors (Lipinski definition) is 2. The number of nitrogens with one attached hydrogen (secondary N) is 1.